The first-order valence-corrected chi connectivity index (χ1v) is 7.45. The number of aliphatic hydroxyl groups is 1. The highest BCUT2D eigenvalue weighted by Gasteiger charge is 2.31. The Morgan fingerprint density at radius 2 is 2.05 bits per heavy atom. The molecule has 1 heterocycles. The van der Waals surface area contributed by atoms with Crippen molar-refractivity contribution in [1.82, 2.24) is 9.55 Å². The van der Waals surface area contributed by atoms with Crippen LogP contribution in [-0.4, -0.2) is 26.8 Å². The van der Waals surface area contributed by atoms with Gasteiger partial charge in [0.05, 0.1) is 16.6 Å². The maximum absolute atomic E-state index is 10.6. The minimum atomic E-state index is -0.579. The lowest BCUT2D eigenvalue weighted by Crippen LogP contribution is -2.40. The van der Waals surface area contributed by atoms with Crippen molar-refractivity contribution >= 4 is 17.0 Å². The molecule has 1 fully saturated rings. The quantitative estimate of drug-likeness (QED) is 0.904. The topological polar surface area (TPSA) is 50.1 Å². The maximum atomic E-state index is 10.6. The summed E-state index contributed by atoms with van der Waals surface area (Å²) in [5, 5.41) is 13.9. The number of rotatable bonds is 3. The van der Waals surface area contributed by atoms with Crippen molar-refractivity contribution in [2.45, 2.75) is 38.2 Å². The van der Waals surface area contributed by atoms with Crippen LogP contribution in [0.25, 0.3) is 11.0 Å². The molecule has 0 aliphatic heterocycles. The number of hydrogen-bond donors (Lipinski definition) is 2. The first-order chi connectivity index (χ1) is 9.57. The number of aryl methyl sites for hydroxylation is 1. The van der Waals surface area contributed by atoms with Crippen molar-refractivity contribution < 1.29 is 5.11 Å². The highest BCUT2D eigenvalue weighted by Crippen LogP contribution is 2.32. The van der Waals surface area contributed by atoms with Crippen LogP contribution >= 0.6 is 0 Å². The number of benzene rings is 1. The molecule has 0 radical (unpaired) electrons. The van der Waals surface area contributed by atoms with Gasteiger partial charge in [-0.05, 0) is 43.7 Å². The highest BCUT2D eigenvalue weighted by molar-refractivity contribution is 5.78. The molecule has 0 bridgehead atoms. The average Bonchev–Trinajstić information content (AvgIpc) is 2.78. The molecule has 0 saturated heterocycles. The number of hydrogen-bond acceptors (Lipinski definition) is 3. The van der Waals surface area contributed by atoms with Gasteiger partial charge in [0.1, 0.15) is 0 Å². The van der Waals surface area contributed by atoms with Gasteiger partial charge in [-0.25, -0.2) is 4.98 Å². The summed E-state index contributed by atoms with van der Waals surface area (Å²) in [6.45, 7) is 2.84. The van der Waals surface area contributed by atoms with E-state index in [1.54, 1.807) is 0 Å². The Kier molecular flexibility index (Phi) is 3.42. The third-order valence-corrected chi connectivity index (χ3v) is 4.57. The van der Waals surface area contributed by atoms with Crippen molar-refractivity contribution in [3.63, 3.8) is 0 Å². The predicted molar refractivity (Wildman–Crippen MR) is 81.8 cm³/mol. The van der Waals surface area contributed by atoms with Crippen molar-refractivity contribution in [2.75, 3.05) is 11.9 Å². The molecule has 2 aromatic rings. The molecular formula is C16H23N3O. The van der Waals surface area contributed by atoms with E-state index < -0.39 is 5.60 Å². The second-order valence-electron chi connectivity index (χ2n) is 6.24. The molecule has 1 aromatic carbocycles. The highest BCUT2D eigenvalue weighted by atomic mass is 16.3. The van der Waals surface area contributed by atoms with Crippen LogP contribution in [-0.2, 0) is 7.05 Å². The van der Waals surface area contributed by atoms with Crippen LogP contribution in [0.15, 0.2) is 24.3 Å². The fourth-order valence-electron chi connectivity index (χ4n) is 3.02. The molecule has 1 aromatic heterocycles. The fraction of sp³-hybridized carbons (Fsp3) is 0.562. The van der Waals surface area contributed by atoms with E-state index in [0.29, 0.717) is 6.54 Å². The first kappa shape index (κ1) is 13.4. The molecule has 2 N–H and O–H groups in total. The smallest absolute Gasteiger partial charge is 0.203 e. The van der Waals surface area contributed by atoms with Crippen LogP contribution in [0.4, 0.5) is 5.95 Å². The Morgan fingerprint density at radius 1 is 1.35 bits per heavy atom. The zero-order valence-corrected chi connectivity index (χ0v) is 12.3. The number of nitrogens with one attached hydrogen (secondary N) is 1. The summed E-state index contributed by atoms with van der Waals surface area (Å²) in [5.41, 5.74) is 1.52. The normalized spacial score (nSPS) is 26.9. The zero-order valence-electron chi connectivity index (χ0n) is 12.3. The second kappa shape index (κ2) is 5.09. The summed E-state index contributed by atoms with van der Waals surface area (Å²) < 4.78 is 2.05. The summed E-state index contributed by atoms with van der Waals surface area (Å²) in [7, 11) is 2.00. The van der Waals surface area contributed by atoms with Crippen molar-refractivity contribution in [3.05, 3.63) is 24.3 Å². The molecule has 20 heavy (non-hydrogen) atoms. The van der Waals surface area contributed by atoms with E-state index in [2.05, 4.69) is 23.3 Å². The van der Waals surface area contributed by atoms with E-state index in [9.17, 15) is 5.11 Å². The number of nitrogens with zero attached hydrogens (tertiary/aromatic N) is 2. The Bertz CT molecular complexity index is 597. The SMILES string of the molecule is CC1CCC(O)(CNc2nc3ccccc3n2C)CC1. The Balaban J connectivity index is 1.72. The third kappa shape index (κ3) is 2.52. The van der Waals surface area contributed by atoms with Gasteiger partial charge in [0.25, 0.3) is 0 Å². The predicted octanol–water partition coefficient (Wildman–Crippen LogP) is 2.93. The molecular weight excluding hydrogens is 250 g/mol. The second-order valence-corrected chi connectivity index (χ2v) is 6.24. The van der Waals surface area contributed by atoms with Gasteiger partial charge < -0.3 is 15.0 Å². The first-order valence-electron chi connectivity index (χ1n) is 7.45. The Labute approximate surface area is 119 Å². The van der Waals surface area contributed by atoms with Gasteiger partial charge in [-0.2, -0.15) is 0 Å². The van der Waals surface area contributed by atoms with Crippen LogP contribution < -0.4 is 5.32 Å². The monoisotopic (exact) mass is 273 g/mol. The van der Waals surface area contributed by atoms with Crippen LogP contribution in [0.1, 0.15) is 32.6 Å². The van der Waals surface area contributed by atoms with Crippen LogP contribution in [0.3, 0.4) is 0 Å². The lowest BCUT2D eigenvalue weighted by atomic mass is 9.79. The number of para-hydroxylation sites is 2. The van der Waals surface area contributed by atoms with Gasteiger partial charge >= 0.3 is 0 Å². The van der Waals surface area contributed by atoms with Crippen molar-refractivity contribution in [1.29, 1.82) is 0 Å². The third-order valence-electron chi connectivity index (χ3n) is 4.57. The van der Waals surface area contributed by atoms with Gasteiger partial charge in [0.15, 0.2) is 0 Å². The number of imidazole rings is 1. The lowest BCUT2D eigenvalue weighted by molar-refractivity contribution is 0.00485. The molecule has 4 nitrogen and oxygen atoms in total. The largest absolute Gasteiger partial charge is 0.388 e. The molecule has 0 unspecified atom stereocenters. The molecule has 0 atom stereocenters. The van der Waals surface area contributed by atoms with Crippen molar-refractivity contribution in [2.24, 2.45) is 13.0 Å². The summed E-state index contributed by atoms with van der Waals surface area (Å²) in [5.74, 6) is 1.57. The lowest BCUT2D eigenvalue weighted by Gasteiger charge is -2.35. The van der Waals surface area contributed by atoms with E-state index in [1.807, 2.05) is 29.8 Å². The standard InChI is InChI=1S/C16H23N3O/c1-12-7-9-16(20,10-8-12)11-17-15-18-13-5-3-4-6-14(13)19(15)2/h3-6,12,20H,7-11H2,1-2H3,(H,17,18). The molecule has 108 valence electrons. The summed E-state index contributed by atoms with van der Waals surface area (Å²) in [6, 6.07) is 8.08. The zero-order chi connectivity index (χ0) is 14.2. The minimum absolute atomic E-state index is 0.579. The van der Waals surface area contributed by atoms with Gasteiger partial charge in [-0.3, -0.25) is 0 Å². The molecule has 1 aliphatic carbocycles. The van der Waals surface area contributed by atoms with E-state index in [4.69, 9.17) is 0 Å². The van der Waals surface area contributed by atoms with Gasteiger partial charge in [0.2, 0.25) is 5.95 Å². The Hall–Kier alpha value is -1.55. The summed E-state index contributed by atoms with van der Waals surface area (Å²) in [4.78, 5) is 4.58. The molecule has 1 aliphatic rings. The van der Waals surface area contributed by atoms with Gasteiger partial charge in [-0.15, -0.1) is 0 Å². The van der Waals surface area contributed by atoms with E-state index in [0.717, 1.165) is 48.6 Å². The van der Waals surface area contributed by atoms with Crippen LogP contribution in [0, 0.1) is 5.92 Å². The summed E-state index contributed by atoms with van der Waals surface area (Å²) >= 11 is 0. The number of anilines is 1. The molecule has 3 rings (SSSR count). The number of aromatic nitrogens is 2. The fourth-order valence-corrected chi connectivity index (χ4v) is 3.02. The van der Waals surface area contributed by atoms with Gasteiger partial charge in [0, 0.05) is 13.6 Å². The molecule has 1 saturated carbocycles. The van der Waals surface area contributed by atoms with Crippen LogP contribution in [0.5, 0.6) is 0 Å². The van der Waals surface area contributed by atoms with Crippen molar-refractivity contribution in [3.8, 4) is 0 Å². The summed E-state index contributed by atoms with van der Waals surface area (Å²) in [6.07, 6.45) is 3.98. The van der Waals surface area contributed by atoms with E-state index in [-0.39, 0.29) is 0 Å². The Morgan fingerprint density at radius 3 is 2.75 bits per heavy atom. The minimum Gasteiger partial charge on any atom is -0.388 e. The number of fused-ring (bicyclic) bond motifs is 1. The molecule has 0 spiro atoms. The van der Waals surface area contributed by atoms with Gasteiger partial charge in [-0.1, -0.05) is 19.1 Å². The average molecular weight is 273 g/mol. The van der Waals surface area contributed by atoms with E-state index in [1.165, 1.54) is 0 Å². The molecule has 0 amide bonds. The maximum Gasteiger partial charge on any atom is 0.203 e. The van der Waals surface area contributed by atoms with E-state index >= 15 is 0 Å². The van der Waals surface area contributed by atoms with Crippen LogP contribution in [0.2, 0.25) is 0 Å². The molecule has 4 heteroatoms.